The number of hydrogen-bond acceptors (Lipinski definition) is 6. The van der Waals surface area contributed by atoms with Gasteiger partial charge in [-0.25, -0.2) is 14.8 Å². The van der Waals surface area contributed by atoms with Crippen LogP contribution in [0.5, 0.6) is 0 Å². The molecule has 3 aromatic rings. The zero-order valence-electron chi connectivity index (χ0n) is 12.9. The van der Waals surface area contributed by atoms with Gasteiger partial charge in [0.15, 0.2) is 11.5 Å². The first-order valence-corrected chi connectivity index (χ1v) is 6.93. The van der Waals surface area contributed by atoms with Gasteiger partial charge >= 0.3 is 5.97 Å². The van der Waals surface area contributed by atoms with Crippen molar-refractivity contribution in [3.63, 3.8) is 0 Å². The second kappa shape index (κ2) is 5.31. The van der Waals surface area contributed by atoms with Crippen LogP contribution in [0.1, 0.15) is 37.1 Å². The van der Waals surface area contributed by atoms with Crippen molar-refractivity contribution in [2.75, 3.05) is 0 Å². The van der Waals surface area contributed by atoms with Crippen molar-refractivity contribution >= 4 is 5.97 Å². The predicted molar refractivity (Wildman–Crippen MR) is 80.3 cm³/mol. The summed E-state index contributed by atoms with van der Waals surface area (Å²) in [5.41, 5.74) is 0.437. The number of rotatable bonds is 3. The molecule has 1 N–H and O–H groups in total. The van der Waals surface area contributed by atoms with E-state index in [9.17, 15) is 4.79 Å². The lowest BCUT2D eigenvalue weighted by Gasteiger charge is -2.10. The van der Waals surface area contributed by atoms with Gasteiger partial charge in [0.2, 0.25) is 0 Å². The quantitative estimate of drug-likeness (QED) is 0.790. The minimum atomic E-state index is -1.09. The molecule has 0 aliphatic carbocycles. The van der Waals surface area contributed by atoms with Crippen molar-refractivity contribution in [1.82, 2.24) is 24.7 Å². The molecular formula is C15H15N5O3. The summed E-state index contributed by atoms with van der Waals surface area (Å²) in [5, 5.41) is 12.9. The van der Waals surface area contributed by atoms with Gasteiger partial charge in [0.25, 0.3) is 5.89 Å². The van der Waals surface area contributed by atoms with Gasteiger partial charge in [0.05, 0.1) is 0 Å². The number of aromatic carboxylic acids is 1. The zero-order chi connectivity index (χ0) is 16.6. The molecule has 0 atom stereocenters. The minimum absolute atomic E-state index is 0.0509. The molecule has 0 spiro atoms. The number of hydrogen-bond donors (Lipinski definition) is 1. The van der Waals surface area contributed by atoms with Crippen LogP contribution in [0.4, 0.5) is 0 Å². The maximum Gasteiger partial charge on any atom is 0.356 e. The monoisotopic (exact) mass is 313 g/mol. The van der Waals surface area contributed by atoms with Gasteiger partial charge in [-0.15, -0.1) is 0 Å². The SMILES string of the molecule is CC(C)(C)c1noc(-c2ccnc(-n3cnc(C(=O)O)c3)c2)n1. The van der Waals surface area contributed by atoms with Crippen molar-refractivity contribution in [3.8, 4) is 17.3 Å². The van der Waals surface area contributed by atoms with E-state index in [4.69, 9.17) is 9.63 Å². The maximum absolute atomic E-state index is 10.9. The summed E-state index contributed by atoms with van der Waals surface area (Å²) < 4.78 is 6.83. The Morgan fingerprint density at radius 1 is 1.30 bits per heavy atom. The molecule has 118 valence electrons. The fourth-order valence-electron chi connectivity index (χ4n) is 1.90. The predicted octanol–water partition coefficient (Wildman–Crippen LogP) is 2.31. The number of carboxylic acids is 1. The molecule has 0 saturated heterocycles. The molecule has 0 bridgehead atoms. The van der Waals surface area contributed by atoms with Crippen molar-refractivity contribution in [2.45, 2.75) is 26.2 Å². The molecular weight excluding hydrogens is 298 g/mol. The summed E-state index contributed by atoms with van der Waals surface area (Å²) in [6.45, 7) is 6.00. The molecule has 3 heterocycles. The number of pyridine rings is 1. The molecule has 0 aromatic carbocycles. The third-order valence-corrected chi connectivity index (χ3v) is 3.16. The number of aromatic nitrogens is 5. The molecule has 8 heteroatoms. The van der Waals surface area contributed by atoms with Gasteiger partial charge in [-0.05, 0) is 12.1 Å². The van der Waals surface area contributed by atoms with Gasteiger partial charge in [-0.2, -0.15) is 4.98 Å². The molecule has 0 aliphatic rings. The lowest BCUT2D eigenvalue weighted by molar-refractivity contribution is 0.0691. The Morgan fingerprint density at radius 3 is 2.70 bits per heavy atom. The Labute approximate surface area is 131 Å². The smallest absolute Gasteiger partial charge is 0.356 e. The zero-order valence-corrected chi connectivity index (χ0v) is 12.9. The highest BCUT2D eigenvalue weighted by Gasteiger charge is 2.21. The largest absolute Gasteiger partial charge is 0.476 e. The van der Waals surface area contributed by atoms with E-state index in [1.54, 1.807) is 18.3 Å². The highest BCUT2D eigenvalue weighted by atomic mass is 16.5. The molecule has 3 aromatic heterocycles. The lowest BCUT2D eigenvalue weighted by Crippen LogP contribution is -2.13. The summed E-state index contributed by atoms with van der Waals surface area (Å²) >= 11 is 0. The van der Waals surface area contributed by atoms with E-state index in [2.05, 4.69) is 20.1 Å². The number of nitrogens with zero attached hydrogens (tertiary/aromatic N) is 5. The van der Waals surface area contributed by atoms with E-state index in [1.165, 1.54) is 17.1 Å². The van der Waals surface area contributed by atoms with Crippen LogP contribution in [0, 0.1) is 0 Å². The molecule has 23 heavy (non-hydrogen) atoms. The standard InChI is InChI=1S/C15H15N5O3/c1-15(2,3)14-18-12(23-19-14)9-4-5-16-11(6-9)20-7-10(13(21)22)17-8-20/h4-8H,1-3H3,(H,21,22). The average Bonchev–Trinajstić information content (AvgIpc) is 3.16. The summed E-state index contributed by atoms with van der Waals surface area (Å²) in [7, 11) is 0. The number of carbonyl (C=O) groups is 1. The number of carboxylic acid groups (broad SMARTS) is 1. The van der Waals surface area contributed by atoms with E-state index in [0.29, 0.717) is 23.1 Å². The van der Waals surface area contributed by atoms with Crippen LogP contribution in [0.25, 0.3) is 17.3 Å². The van der Waals surface area contributed by atoms with E-state index >= 15 is 0 Å². The molecule has 8 nitrogen and oxygen atoms in total. The molecule has 0 unspecified atom stereocenters. The van der Waals surface area contributed by atoms with Gasteiger partial charge in [0.1, 0.15) is 12.1 Å². The first-order chi connectivity index (χ1) is 10.8. The molecule has 0 fully saturated rings. The summed E-state index contributed by atoms with van der Waals surface area (Å²) in [6.07, 6.45) is 4.37. The van der Waals surface area contributed by atoms with Crippen molar-refractivity contribution in [2.24, 2.45) is 0 Å². The van der Waals surface area contributed by atoms with Crippen LogP contribution in [0.15, 0.2) is 35.4 Å². The Kier molecular flexibility index (Phi) is 3.44. The normalized spacial score (nSPS) is 11.6. The third-order valence-electron chi connectivity index (χ3n) is 3.16. The van der Waals surface area contributed by atoms with Gasteiger partial charge in [-0.1, -0.05) is 25.9 Å². The van der Waals surface area contributed by atoms with Crippen molar-refractivity contribution < 1.29 is 14.4 Å². The summed E-state index contributed by atoms with van der Waals surface area (Å²) in [4.78, 5) is 23.3. The third kappa shape index (κ3) is 2.96. The van der Waals surface area contributed by atoms with Gasteiger partial charge in [0, 0.05) is 23.4 Å². The molecule has 0 radical (unpaired) electrons. The van der Waals surface area contributed by atoms with E-state index < -0.39 is 5.97 Å². The lowest BCUT2D eigenvalue weighted by atomic mass is 9.96. The van der Waals surface area contributed by atoms with Crippen LogP contribution >= 0.6 is 0 Å². The summed E-state index contributed by atoms with van der Waals surface area (Å²) in [5.74, 6) is 0.420. The van der Waals surface area contributed by atoms with Crippen LogP contribution in [0.2, 0.25) is 0 Å². The first-order valence-electron chi connectivity index (χ1n) is 6.93. The van der Waals surface area contributed by atoms with Crippen LogP contribution < -0.4 is 0 Å². The van der Waals surface area contributed by atoms with Crippen LogP contribution in [0.3, 0.4) is 0 Å². The van der Waals surface area contributed by atoms with Gasteiger partial charge < -0.3 is 9.63 Å². The fraction of sp³-hybridized carbons (Fsp3) is 0.267. The highest BCUT2D eigenvalue weighted by Crippen LogP contribution is 2.24. The second-order valence-electron chi connectivity index (χ2n) is 6.05. The van der Waals surface area contributed by atoms with Crippen molar-refractivity contribution in [3.05, 3.63) is 42.4 Å². The second-order valence-corrected chi connectivity index (χ2v) is 6.05. The molecule has 0 saturated carbocycles. The first kappa shape index (κ1) is 14.9. The van der Waals surface area contributed by atoms with Crippen LogP contribution in [-0.4, -0.2) is 35.8 Å². The molecule has 0 amide bonds. The Morgan fingerprint density at radius 2 is 2.09 bits per heavy atom. The fourth-order valence-corrected chi connectivity index (χ4v) is 1.90. The average molecular weight is 313 g/mol. The van der Waals surface area contributed by atoms with Crippen LogP contribution in [-0.2, 0) is 5.41 Å². The highest BCUT2D eigenvalue weighted by molar-refractivity contribution is 5.85. The topological polar surface area (TPSA) is 107 Å². The Balaban J connectivity index is 1.96. The van der Waals surface area contributed by atoms with E-state index in [0.717, 1.165) is 0 Å². The van der Waals surface area contributed by atoms with Crippen molar-refractivity contribution in [1.29, 1.82) is 0 Å². The van der Waals surface area contributed by atoms with E-state index in [1.807, 2.05) is 20.8 Å². The summed E-state index contributed by atoms with van der Waals surface area (Å²) in [6, 6.07) is 3.48. The Hall–Kier alpha value is -3.03. The molecule has 3 rings (SSSR count). The Bertz CT molecular complexity index is 860. The van der Waals surface area contributed by atoms with E-state index in [-0.39, 0.29) is 11.1 Å². The number of imidazole rings is 1. The van der Waals surface area contributed by atoms with Gasteiger partial charge in [-0.3, -0.25) is 4.57 Å². The minimum Gasteiger partial charge on any atom is -0.476 e. The molecule has 0 aliphatic heterocycles. The maximum atomic E-state index is 10.9.